The summed E-state index contributed by atoms with van der Waals surface area (Å²) in [6, 6.07) is 9.30. The van der Waals surface area contributed by atoms with E-state index in [9.17, 15) is 9.18 Å². The molecule has 0 radical (unpaired) electrons. The SMILES string of the molecule is COCC(C)Cc1ncc2ccc(C(=O)N[C@@H](c3ccc(OC)c(F)c3)c3cnn(C)c3)cc2n1. The number of nitrogens with zero attached hydrogens (tertiary/aromatic N) is 4. The van der Waals surface area contributed by atoms with Crippen molar-refractivity contribution in [3.05, 3.63) is 83.3 Å². The summed E-state index contributed by atoms with van der Waals surface area (Å²) in [6.45, 7) is 2.69. The van der Waals surface area contributed by atoms with Crippen LogP contribution in [0.25, 0.3) is 10.9 Å². The van der Waals surface area contributed by atoms with Gasteiger partial charge in [0.2, 0.25) is 0 Å². The molecule has 4 aromatic rings. The van der Waals surface area contributed by atoms with Crippen LogP contribution in [0.2, 0.25) is 0 Å². The van der Waals surface area contributed by atoms with E-state index in [1.165, 1.54) is 13.2 Å². The molecule has 0 aliphatic rings. The van der Waals surface area contributed by atoms with Crippen molar-refractivity contribution < 1.29 is 18.7 Å². The van der Waals surface area contributed by atoms with Crippen LogP contribution in [0.3, 0.4) is 0 Å². The fourth-order valence-electron chi connectivity index (χ4n) is 3.98. The minimum absolute atomic E-state index is 0.134. The van der Waals surface area contributed by atoms with Gasteiger partial charge in [0.15, 0.2) is 11.6 Å². The summed E-state index contributed by atoms with van der Waals surface area (Å²) >= 11 is 0. The molecule has 1 unspecified atom stereocenters. The van der Waals surface area contributed by atoms with Crippen LogP contribution < -0.4 is 10.1 Å². The predicted octanol–water partition coefficient (Wildman–Crippen LogP) is 3.86. The quantitative estimate of drug-likeness (QED) is 0.394. The van der Waals surface area contributed by atoms with Crippen LogP contribution in [0.4, 0.5) is 4.39 Å². The van der Waals surface area contributed by atoms with Crippen molar-refractivity contribution in [3.8, 4) is 5.75 Å². The Balaban J connectivity index is 1.62. The lowest BCUT2D eigenvalue weighted by molar-refractivity contribution is 0.0943. The molecule has 0 fully saturated rings. The van der Waals surface area contributed by atoms with Crippen LogP contribution >= 0.6 is 0 Å². The van der Waals surface area contributed by atoms with Crippen molar-refractivity contribution >= 4 is 16.8 Å². The Morgan fingerprint density at radius 2 is 1.97 bits per heavy atom. The van der Waals surface area contributed by atoms with Gasteiger partial charge in [-0.3, -0.25) is 9.48 Å². The summed E-state index contributed by atoms with van der Waals surface area (Å²) in [5.74, 6) is 0.279. The first-order valence-electron chi connectivity index (χ1n) is 11.3. The van der Waals surface area contributed by atoms with E-state index in [-0.39, 0.29) is 17.6 Å². The largest absolute Gasteiger partial charge is 0.494 e. The van der Waals surface area contributed by atoms with Crippen LogP contribution in [-0.4, -0.2) is 46.5 Å². The molecule has 2 aromatic carbocycles. The highest BCUT2D eigenvalue weighted by atomic mass is 19.1. The van der Waals surface area contributed by atoms with Crippen LogP contribution in [0.5, 0.6) is 5.75 Å². The first kappa shape index (κ1) is 24.3. The Bertz CT molecular complexity index is 1340. The Morgan fingerprint density at radius 1 is 1.14 bits per heavy atom. The monoisotopic (exact) mass is 477 g/mol. The number of rotatable bonds is 9. The van der Waals surface area contributed by atoms with Gasteiger partial charge in [-0.1, -0.05) is 19.1 Å². The summed E-state index contributed by atoms with van der Waals surface area (Å²) < 4.78 is 26.3. The molecule has 2 heterocycles. The Kier molecular flexibility index (Phi) is 7.36. The summed E-state index contributed by atoms with van der Waals surface area (Å²) in [4.78, 5) is 22.4. The third-order valence-corrected chi connectivity index (χ3v) is 5.72. The van der Waals surface area contributed by atoms with Crippen molar-refractivity contribution in [3.63, 3.8) is 0 Å². The molecule has 0 spiro atoms. The molecule has 0 aliphatic carbocycles. The van der Waals surface area contributed by atoms with E-state index in [0.29, 0.717) is 35.5 Å². The van der Waals surface area contributed by atoms with Crippen molar-refractivity contribution in [2.24, 2.45) is 13.0 Å². The number of hydrogen-bond donors (Lipinski definition) is 1. The second kappa shape index (κ2) is 10.6. The van der Waals surface area contributed by atoms with Gasteiger partial charge in [0.1, 0.15) is 5.82 Å². The molecular weight excluding hydrogens is 449 g/mol. The number of ether oxygens (including phenoxy) is 2. The van der Waals surface area contributed by atoms with Gasteiger partial charge in [-0.2, -0.15) is 5.10 Å². The van der Waals surface area contributed by atoms with Gasteiger partial charge in [-0.15, -0.1) is 0 Å². The van der Waals surface area contributed by atoms with Gasteiger partial charge in [0, 0.05) is 56.1 Å². The molecule has 0 aliphatic heterocycles. The van der Waals surface area contributed by atoms with Gasteiger partial charge in [-0.25, -0.2) is 14.4 Å². The number of carbonyl (C=O) groups excluding carboxylic acids is 1. The smallest absolute Gasteiger partial charge is 0.252 e. The zero-order valence-corrected chi connectivity index (χ0v) is 20.2. The number of aryl methyl sites for hydroxylation is 1. The number of methoxy groups -OCH3 is 2. The number of nitrogens with one attached hydrogen (secondary N) is 1. The average molecular weight is 478 g/mol. The van der Waals surface area contributed by atoms with Crippen molar-refractivity contribution in [2.45, 2.75) is 19.4 Å². The van der Waals surface area contributed by atoms with Crippen molar-refractivity contribution in [2.75, 3.05) is 20.8 Å². The molecule has 0 bridgehead atoms. The standard InChI is InChI=1S/C26H28FN5O3/c1-16(15-34-3)9-24-28-12-19-6-5-18(11-22(19)30-24)26(33)31-25(20-13-29-32(2)14-20)17-7-8-23(35-4)21(27)10-17/h5-8,10-14,16,25H,9,15H2,1-4H3,(H,31,33)/t16?,25-/m0/s1. The summed E-state index contributed by atoms with van der Waals surface area (Å²) in [7, 11) is 4.86. The molecule has 0 saturated carbocycles. The summed E-state index contributed by atoms with van der Waals surface area (Å²) in [5, 5.41) is 8.06. The second-order valence-corrected chi connectivity index (χ2v) is 8.57. The highest BCUT2D eigenvalue weighted by Gasteiger charge is 2.21. The molecule has 9 heteroatoms. The Morgan fingerprint density at radius 3 is 2.66 bits per heavy atom. The topological polar surface area (TPSA) is 91.2 Å². The van der Waals surface area contributed by atoms with Gasteiger partial charge < -0.3 is 14.8 Å². The molecule has 4 rings (SSSR count). The van der Waals surface area contributed by atoms with Gasteiger partial charge in [-0.05, 0) is 35.7 Å². The number of hydrogen-bond acceptors (Lipinski definition) is 6. The highest BCUT2D eigenvalue weighted by molar-refractivity contribution is 5.98. The normalized spacial score (nSPS) is 12.9. The third kappa shape index (κ3) is 5.63. The van der Waals surface area contributed by atoms with Crippen LogP contribution in [-0.2, 0) is 18.2 Å². The second-order valence-electron chi connectivity index (χ2n) is 8.57. The maximum atomic E-state index is 14.5. The number of carbonyl (C=O) groups is 1. The molecule has 0 saturated heterocycles. The first-order valence-corrected chi connectivity index (χ1v) is 11.3. The predicted molar refractivity (Wildman–Crippen MR) is 130 cm³/mol. The Labute approximate surface area is 203 Å². The Hall–Kier alpha value is -3.85. The molecule has 1 N–H and O–H groups in total. The average Bonchev–Trinajstić information content (AvgIpc) is 3.27. The van der Waals surface area contributed by atoms with E-state index in [2.05, 4.69) is 27.3 Å². The van der Waals surface area contributed by atoms with Gasteiger partial charge in [0.05, 0.1) is 24.9 Å². The molecule has 35 heavy (non-hydrogen) atoms. The van der Waals surface area contributed by atoms with E-state index >= 15 is 0 Å². The van der Waals surface area contributed by atoms with Crippen LogP contribution in [0.15, 0.2) is 55.0 Å². The van der Waals surface area contributed by atoms with E-state index in [4.69, 9.17) is 9.47 Å². The molecule has 2 atom stereocenters. The zero-order valence-electron chi connectivity index (χ0n) is 20.2. The highest BCUT2D eigenvalue weighted by Crippen LogP contribution is 2.27. The summed E-state index contributed by atoms with van der Waals surface area (Å²) in [6.07, 6.45) is 5.87. The van der Waals surface area contributed by atoms with E-state index in [1.807, 2.05) is 6.07 Å². The number of fused-ring (bicyclic) bond motifs is 1. The molecule has 2 aromatic heterocycles. The lowest BCUT2D eigenvalue weighted by Crippen LogP contribution is -2.29. The van der Waals surface area contributed by atoms with E-state index in [1.54, 1.807) is 61.7 Å². The molecule has 1 amide bonds. The van der Waals surface area contributed by atoms with Gasteiger partial charge in [0.25, 0.3) is 5.91 Å². The summed E-state index contributed by atoms with van der Waals surface area (Å²) in [5.41, 5.74) is 2.42. The third-order valence-electron chi connectivity index (χ3n) is 5.72. The fourth-order valence-corrected chi connectivity index (χ4v) is 3.98. The minimum atomic E-state index is -0.608. The molecule has 8 nitrogen and oxygen atoms in total. The maximum absolute atomic E-state index is 14.5. The van der Waals surface area contributed by atoms with Crippen molar-refractivity contribution in [1.82, 2.24) is 25.1 Å². The van der Waals surface area contributed by atoms with Gasteiger partial charge >= 0.3 is 0 Å². The van der Waals surface area contributed by atoms with Crippen LogP contribution in [0, 0.1) is 11.7 Å². The van der Waals surface area contributed by atoms with Crippen molar-refractivity contribution in [1.29, 1.82) is 0 Å². The number of aromatic nitrogens is 4. The molecule has 182 valence electrons. The lowest BCUT2D eigenvalue weighted by atomic mass is 10.0. The zero-order chi connectivity index (χ0) is 24.9. The number of halogens is 1. The van der Waals surface area contributed by atoms with E-state index < -0.39 is 11.9 Å². The van der Waals surface area contributed by atoms with E-state index in [0.717, 1.165) is 10.9 Å². The lowest BCUT2D eigenvalue weighted by Gasteiger charge is -2.19. The maximum Gasteiger partial charge on any atom is 0.252 e. The number of amides is 1. The van der Waals surface area contributed by atoms with Crippen LogP contribution in [0.1, 0.15) is 40.3 Å². The fraction of sp³-hybridized carbons (Fsp3) is 0.308. The molecular formula is C26H28FN5O3. The minimum Gasteiger partial charge on any atom is -0.494 e. The number of benzene rings is 2. The first-order chi connectivity index (χ1) is 16.9.